The van der Waals surface area contributed by atoms with Gasteiger partial charge in [-0.05, 0) is 25.3 Å². The van der Waals surface area contributed by atoms with Crippen LogP contribution in [-0.4, -0.2) is 23.5 Å². The average Bonchev–Trinajstić information content (AvgIpc) is 2.43. The molecule has 1 amide bonds. The predicted molar refractivity (Wildman–Crippen MR) is 78.5 cm³/mol. The van der Waals surface area contributed by atoms with Gasteiger partial charge in [-0.2, -0.15) is 0 Å². The molecule has 0 heterocycles. The lowest BCUT2D eigenvalue weighted by atomic mass is 9.82. The van der Waals surface area contributed by atoms with Crippen molar-refractivity contribution in [2.45, 2.75) is 40.0 Å². The van der Waals surface area contributed by atoms with Crippen molar-refractivity contribution in [3.63, 3.8) is 0 Å². The molecular weight excluding hydrogens is 254 g/mol. The molecule has 0 radical (unpaired) electrons. The van der Waals surface area contributed by atoms with E-state index in [2.05, 4.69) is 5.32 Å². The summed E-state index contributed by atoms with van der Waals surface area (Å²) in [4.78, 5) is 23.2. The summed E-state index contributed by atoms with van der Waals surface area (Å²) >= 11 is 0. The van der Waals surface area contributed by atoms with Crippen LogP contribution >= 0.6 is 0 Å². The molecule has 0 unspecified atom stereocenters. The van der Waals surface area contributed by atoms with Crippen LogP contribution in [0.15, 0.2) is 24.3 Å². The van der Waals surface area contributed by atoms with Gasteiger partial charge in [0.15, 0.2) is 0 Å². The number of benzene rings is 1. The highest BCUT2D eigenvalue weighted by molar-refractivity contribution is 5.80. The molecule has 0 saturated heterocycles. The molecule has 0 saturated carbocycles. The van der Waals surface area contributed by atoms with E-state index in [-0.39, 0.29) is 18.9 Å². The Morgan fingerprint density at radius 1 is 1.15 bits per heavy atom. The number of rotatable bonds is 7. The maximum absolute atomic E-state index is 11.9. The first-order valence-electron chi connectivity index (χ1n) is 6.99. The Hall–Kier alpha value is -1.84. The number of hydrogen-bond acceptors (Lipinski definition) is 2. The number of carbonyl (C=O) groups is 2. The Morgan fingerprint density at radius 2 is 1.70 bits per heavy atom. The first kappa shape index (κ1) is 16.2. The second kappa shape index (κ2) is 7.08. The smallest absolute Gasteiger partial charge is 0.311 e. The van der Waals surface area contributed by atoms with E-state index >= 15 is 0 Å². The summed E-state index contributed by atoms with van der Waals surface area (Å²) in [6.45, 7) is 5.85. The Kier molecular flexibility index (Phi) is 5.74. The number of carboxylic acid groups (broad SMARTS) is 1. The molecule has 4 nitrogen and oxygen atoms in total. The van der Waals surface area contributed by atoms with Crippen molar-refractivity contribution in [3.05, 3.63) is 35.4 Å². The van der Waals surface area contributed by atoms with Crippen LogP contribution in [0.4, 0.5) is 0 Å². The predicted octanol–water partition coefficient (Wildman–Crippen LogP) is 2.54. The Labute approximate surface area is 120 Å². The van der Waals surface area contributed by atoms with Crippen LogP contribution in [0.5, 0.6) is 0 Å². The van der Waals surface area contributed by atoms with Gasteiger partial charge in [0.25, 0.3) is 0 Å². The van der Waals surface area contributed by atoms with Crippen molar-refractivity contribution >= 4 is 11.9 Å². The van der Waals surface area contributed by atoms with Crippen molar-refractivity contribution in [1.29, 1.82) is 0 Å². The highest BCUT2D eigenvalue weighted by Crippen LogP contribution is 2.25. The number of carbonyl (C=O) groups excluding carboxylic acids is 1. The zero-order chi connectivity index (χ0) is 15.2. The molecule has 1 aromatic rings. The van der Waals surface area contributed by atoms with E-state index in [9.17, 15) is 14.7 Å². The quantitative estimate of drug-likeness (QED) is 0.805. The van der Waals surface area contributed by atoms with E-state index in [1.165, 1.54) is 0 Å². The van der Waals surface area contributed by atoms with Crippen molar-refractivity contribution in [1.82, 2.24) is 5.32 Å². The van der Waals surface area contributed by atoms with Crippen molar-refractivity contribution in [2.24, 2.45) is 5.41 Å². The van der Waals surface area contributed by atoms with Crippen molar-refractivity contribution < 1.29 is 14.7 Å². The summed E-state index contributed by atoms with van der Waals surface area (Å²) in [6, 6.07) is 7.75. The minimum atomic E-state index is -0.858. The molecule has 1 rings (SSSR count). The highest BCUT2D eigenvalue weighted by Gasteiger charge is 2.34. The summed E-state index contributed by atoms with van der Waals surface area (Å²) in [6.07, 6.45) is 1.29. The van der Waals surface area contributed by atoms with E-state index in [1.54, 1.807) is 0 Å². The van der Waals surface area contributed by atoms with Crippen LogP contribution in [0.2, 0.25) is 0 Å². The summed E-state index contributed by atoms with van der Waals surface area (Å²) in [5, 5.41) is 12.1. The molecule has 0 fully saturated rings. The molecular formula is C16H23NO3. The maximum atomic E-state index is 11.9. The van der Waals surface area contributed by atoms with Crippen LogP contribution < -0.4 is 5.32 Å². The largest absolute Gasteiger partial charge is 0.481 e. The number of carboxylic acids is 1. The minimum Gasteiger partial charge on any atom is -0.481 e. The van der Waals surface area contributed by atoms with Gasteiger partial charge in [-0.3, -0.25) is 9.59 Å². The second-order valence-corrected chi connectivity index (χ2v) is 5.23. The average molecular weight is 277 g/mol. The fourth-order valence-electron chi connectivity index (χ4n) is 2.10. The first-order chi connectivity index (χ1) is 9.43. The van der Waals surface area contributed by atoms with E-state index in [1.807, 2.05) is 45.0 Å². The lowest BCUT2D eigenvalue weighted by molar-refractivity contribution is -0.149. The Balaban J connectivity index is 2.58. The van der Waals surface area contributed by atoms with E-state index < -0.39 is 11.4 Å². The van der Waals surface area contributed by atoms with E-state index in [0.717, 1.165) is 11.1 Å². The lowest BCUT2D eigenvalue weighted by Crippen LogP contribution is -2.42. The molecule has 0 aliphatic rings. The molecule has 1 aromatic carbocycles. The Morgan fingerprint density at radius 3 is 2.15 bits per heavy atom. The topological polar surface area (TPSA) is 66.4 Å². The summed E-state index contributed by atoms with van der Waals surface area (Å²) < 4.78 is 0. The molecule has 0 aliphatic carbocycles. The molecule has 110 valence electrons. The normalized spacial score (nSPS) is 11.2. The van der Waals surface area contributed by atoms with Crippen LogP contribution in [-0.2, 0) is 16.0 Å². The Bertz CT molecular complexity index is 461. The van der Waals surface area contributed by atoms with Gasteiger partial charge >= 0.3 is 5.97 Å². The van der Waals surface area contributed by atoms with Gasteiger partial charge in [0.05, 0.1) is 11.8 Å². The van der Waals surface area contributed by atoms with Gasteiger partial charge < -0.3 is 10.4 Å². The third-order valence-corrected chi connectivity index (χ3v) is 3.92. The van der Waals surface area contributed by atoms with Gasteiger partial charge in [-0.15, -0.1) is 0 Å². The van der Waals surface area contributed by atoms with Gasteiger partial charge in [-0.1, -0.05) is 43.7 Å². The molecule has 0 bridgehead atoms. The molecule has 0 spiro atoms. The van der Waals surface area contributed by atoms with Crippen LogP contribution in [0.3, 0.4) is 0 Å². The molecule has 20 heavy (non-hydrogen) atoms. The molecule has 0 atom stereocenters. The molecule has 2 N–H and O–H groups in total. The number of aliphatic carboxylic acids is 1. The van der Waals surface area contributed by atoms with Gasteiger partial charge in [0.2, 0.25) is 5.91 Å². The minimum absolute atomic E-state index is 0.138. The molecule has 4 heteroatoms. The number of nitrogens with one attached hydrogen (secondary N) is 1. The lowest BCUT2D eigenvalue weighted by Gasteiger charge is -2.26. The third-order valence-electron chi connectivity index (χ3n) is 3.92. The van der Waals surface area contributed by atoms with Crippen molar-refractivity contribution in [2.75, 3.05) is 6.54 Å². The summed E-state index contributed by atoms with van der Waals surface area (Å²) in [5.74, 6) is -0.987. The van der Waals surface area contributed by atoms with Crippen LogP contribution in [0.1, 0.15) is 37.8 Å². The molecule has 0 aromatic heterocycles. The third kappa shape index (κ3) is 4.08. The fourth-order valence-corrected chi connectivity index (χ4v) is 2.10. The van der Waals surface area contributed by atoms with E-state index in [4.69, 9.17) is 0 Å². The number of aryl methyl sites for hydroxylation is 1. The summed E-state index contributed by atoms with van der Waals surface area (Å²) in [7, 11) is 0. The van der Waals surface area contributed by atoms with Gasteiger partial charge in [-0.25, -0.2) is 0 Å². The second-order valence-electron chi connectivity index (χ2n) is 5.23. The van der Waals surface area contributed by atoms with Crippen LogP contribution in [0.25, 0.3) is 0 Å². The fraction of sp³-hybridized carbons (Fsp3) is 0.500. The van der Waals surface area contributed by atoms with Crippen LogP contribution in [0, 0.1) is 12.3 Å². The maximum Gasteiger partial charge on any atom is 0.311 e. The standard InChI is InChI=1S/C16H23NO3/c1-4-16(5-2,15(19)20)11-17-14(18)10-13-8-6-12(3)7-9-13/h6-9H,4-5,10-11H2,1-3H3,(H,17,18)(H,19,20). The van der Waals surface area contributed by atoms with Gasteiger partial charge in [0, 0.05) is 6.54 Å². The summed E-state index contributed by atoms with van der Waals surface area (Å²) in [5.41, 5.74) is 1.22. The highest BCUT2D eigenvalue weighted by atomic mass is 16.4. The monoisotopic (exact) mass is 277 g/mol. The van der Waals surface area contributed by atoms with Gasteiger partial charge in [0.1, 0.15) is 0 Å². The van der Waals surface area contributed by atoms with Crippen molar-refractivity contribution in [3.8, 4) is 0 Å². The first-order valence-corrected chi connectivity index (χ1v) is 6.99. The molecule has 0 aliphatic heterocycles. The van der Waals surface area contributed by atoms with E-state index in [0.29, 0.717) is 12.8 Å². The zero-order valence-electron chi connectivity index (χ0n) is 12.4. The SMILES string of the molecule is CCC(CC)(CNC(=O)Cc1ccc(C)cc1)C(=O)O. The zero-order valence-corrected chi connectivity index (χ0v) is 12.4. The number of amides is 1. The number of hydrogen-bond donors (Lipinski definition) is 2.